The zero-order valence-corrected chi connectivity index (χ0v) is 11.5. The molecule has 2 nitrogen and oxygen atoms in total. The van der Waals surface area contributed by atoms with Crippen LogP contribution in [0.25, 0.3) is 0 Å². The van der Waals surface area contributed by atoms with Gasteiger partial charge in [-0.1, -0.05) is 24.5 Å². The van der Waals surface area contributed by atoms with Gasteiger partial charge in [0.05, 0.1) is 12.2 Å². The van der Waals surface area contributed by atoms with E-state index in [4.69, 9.17) is 4.74 Å². The smallest absolute Gasteiger partial charge is 0.125 e. The highest BCUT2D eigenvalue weighted by Gasteiger charge is 2.17. The lowest BCUT2D eigenvalue weighted by atomic mass is 10.1. The molecule has 1 fully saturated rings. The first-order valence-electron chi connectivity index (χ1n) is 7.12. The monoisotopic (exact) mass is 248 g/mol. The predicted octanol–water partition coefficient (Wildman–Crippen LogP) is 4.15. The van der Waals surface area contributed by atoms with Crippen molar-refractivity contribution in [3.63, 3.8) is 0 Å². The molecular formula is C16H24O2. The first-order valence-corrected chi connectivity index (χ1v) is 7.12. The Kier molecular flexibility index (Phi) is 4.65. The molecule has 2 rings (SSSR count). The van der Waals surface area contributed by atoms with Crippen molar-refractivity contribution in [2.75, 3.05) is 0 Å². The van der Waals surface area contributed by atoms with Crippen molar-refractivity contribution in [3.8, 4) is 5.75 Å². The molecule has 1 N–H and O–H groups in total. The van der Waals surface area contributed by atoms with Crippen LogP contribution in [0, 0.1) is 6.92 Å². The largest absolute Gasteiger partial charge is 0.490 e. The van der Waals surface area contributed by atoms with Gasteiger partial charge in [-0.25, -0.2) is 0 Å². The fourth-order valence-electron chi connectivity index (χ4n) is 2.64. The van der Waals surface area contributed by atoms with Crippen LogP contribution in [0.2, 0.25) is 0 Å². The third kappa shape index (κ3) is 3.49. The standard InChI is InChI=1S/C16H24O2/c1-12-9-10-16(15(11-12)13(2)17)18-14-7-5-3-4-6-8-14/h9-11,13-14,17H,3-8H2,1-2H3. The number of aliphatic hydroxyl groups is 1. The van der Waals surface area contributed by atoms with E-state index >= 15 is 0 Å². The average molecular weight is 248 g/mol. The Hall–Kier alpha value is -1.02. The van der Waals surface area contributed by atoms with Crippen LogP contribution in [0.3, 0.4) is 0 Å². The Morgan fingerprint density at radius 1 is 1.17 bits per heavy atom. The number of hydrogen-bond donors (Lipinski definition) is 1. The van der Waals surface area contributed by atoms with Crippen molar-refractivity contribution in [1.29, 1.82) is 0 Å². The molecule has 100 valence electrons. The first-order chi connectivity index (χ1) is 8.66. The van der Waals surface area contributed by atoms with Gasteiger partial charge in [0, 0.05) is 5.56 Å². The molecule has 1 unspecified atom stereocenters. The van der Waals surface area contributed by atoms with Gasteiger partial charge in [-0.15, -0.1) is 0 Å². The van der Waals surface area contributed by atoms with Gasteiger partial charge < -0.3 is 9.84 Å². The van der Waals surface area contributed by atoms with E-state index in [0.29, 0.717) is 6.10 Å². The molecule has 0 bridgehead atoms. The lowest BCUT2D eigenvalue weighted by Gasteiger charge is -2.20. The van der Waals surface area contributed by atoms with Crippen LogP contribution in [0.5, 0.6) is 5.75 Å². The molecular weight excluding hydrogens is 224 g/mol. The van der Waals surface area contributed by atoms with Crippen molar-refractivity contribution in [2.45, 2.75) is 64.6 Å². The Balaban J connectivity index is 2.12. The Labute approximate surface area is 110 Å². The molecule has 1 aromatic carbocycles. The van der Waals surface area contributed by atoms with Gasteiger partial charge in [0.25, 0.3) is 0 Å². The summed E-state index contributed by atoms with van der Waals surface area (Å²) >= 11 is 0. The summed E-state index contributed by atoms with van der Waals surface area (Å²) in [5.74, 6) is 0.863. The molecule has 0 aromatic heterocycles. The van der Waals surface area contributed by atoms with Crippen LogP contribution in [0.4, 0.5) is 0 Å². The summed E-state index contributed by atoms with van der Waals surface area (Å²) in [6.07, 6.45) is 7.34. The Morgan fingerprint density at radius 3 is 2.44 bits per heavy atom. The first kappa shape index (κ1) is 13.4. The van der Waals surface area contributed by atoms with Crippen LogP contribution in [0.1, 0.15) is 62.7 Å². The molecule has 0 radical (unpaired) electrons. The highest BCUT2D eigenvalue weighted by atomic mass is 16.5. The van der Waals surface area contributed by atoms with Gasteiger partial charge in [-0.05, 0) is 51.7 Å². The van der Waals surface area contributed by atoms with E-state index in [1.165, 1.54) is 31.2 Å². The van der Waals surface area contributed by atoms with Gasteiger partial charge in [-0.2, -0.15) is 0 Å². The van der Waals surface area contributed by atoms with Crippen molar-refractivity contribution < 1.29 is 9.84 Å². The molecule has 1 aliphatic carbocycles. The van der Waals surface area contributed by atoms with Crippen LogP contribution >= 0.6 is 0 Å². The van der Waals surface area contributed by atoms with E-state index in [0.717, 1.165) is 24.2 Å². The number of benzene rings is 1. The van der Waals surface area contributed by atoms with Crippen molar-refractivity contribution in [3.05, 3.63) is 29.3 Å². The van der Waals surface area contributed by atoms with Crippen LogP contribution in [-0.2, 0) is 0 Å². The lowest BCUT2D eigenvalue weighted by molar-refractivity contribution is 0.161. The summed E-state index contributed by atoms with van der Waals surface area (Å²) in [6.45, 7) is 3.84. The van der Waals surface area contributed by atoms with E-state index < -0.39 is 6.10 Å². The SMILES string of the molecule is Cc1ccc(OC2CCCCCC2)c(C(C)O)c1. The summed E-state index contributed by atoms with van der Waals surface area (Å²) in [5, 5.41) is 9.83. The highest BCUT2D eigenvalue weighted by Crippen LogP contribution is 2.29. The van der Waals surface area contributed by atoms with E-state index in [1.807, 2.05) is 19.1 Å². The second-order valence-corrected chi connectivity index (χ2v) is 5.45. The molecule has 2 heteroatoms. The summed E-state index contributed by atoms with van der Waals surface area (Å²) in [4.78, 5) is 0. The lowest BCUT2D eigenvalue weighted by Crippen LogP contribution is -2.16. The Morgan fingerprint density at radius 2 is 1.83 bits per heavy atom. The maximum Gasteiger partial charge on any atom is 0.125 e. The summed E-state index contributed by atoms with van der Waals surface area (Å²) in [5.41, 5.74) is 2.08. The quantitative estimate of drug-likeness (QED) is 0.814. The van der Waals surface area contributed by atoms with Gasteiger partial charge in [-0.3, -0.25) is 0 Å². The topological polar surface area (TPSA) is 29.5 Å². The molecule has 0 saturated heterocycles. The summed E-state index contributed by atoms with van der Waals surface area (Å²) in [6, 6.07) is 6.08. The summed E-state index contributed by atoms with van der Waals surface area (Å²) < 4.78 is 6.12. The third-order valence-corrected chi connectivity index (χ3v) is 3.71. The number of aryl methyl sites for hydroxylation is 1. The minimum absolute atomic E-state index is 0.327. The molecule has 0 amide bonds. The maximum absolute atomic E-state index is 9.83. The van der Waals surface area contributed by atoms with Gasteiger partial charge in [0.15, 0.2) is 0 Å². The van der Waals surface area contributed by atoms with Gasteiger partial charge >= 0.3 is 0 Å². The fraction of sp³-hybridized carbons (Fsp3) is 0.625. The third-order valence-electron chi connectivity index (χ3n) is 3.71. The molecule has 0 spiro atoms. The predicted molar refractivity (Wildman–Crippen MR) is 73.9 cm³/mol. The number of rotatable bonds is 3. The molecule has 1 aliphatic rings. The van der Waals surface area contributed by atoms with Crippen molar-refractivity contribution >= 4 is 0 Å². The van der Waals surface area contributed by atoms with E-state index in [2.05, 4.69) is 6.07 Å². The van der Waals surface area contributed by atoms with Crippen LogP contribution in [0.15, 0.2) is 18.2 Å². The zero-order chi connectivity index (χ0) is 13.0. The minimum Gasteiger partial charge on any atom is -0.490 e. The summed E-state index contributed by atoms with van der Waals surface area (Å²) in [7, 11) is 0. The highest BCUT2D eigenvalue weighted by molar-refractivity contribution is 5.38. The van der Waals surface area contributed by atoms with Gasteiger partial charge in [0.2, 0.25) is 0 Å². The minimum atomic E-state index is -0.467. The van der Waals surface area contributed by atoms with E-state index in [-0.39, 0.29) is 0 Å². The molecule has 1 saturated carbocycles. The van der Waals surface area contributed by atoms with Crippen molar-refractivity contribution in [2.24, 2.45) is 0 Å². The second-order valence-electron chi connectivity index (χ2n) is 5.45. The van der Waals surface area contributed by atoms with E-state index in [1.54, 1.807) is 6.92 Å². The molecule has 1 aromatic rings. The number of aliphatic hydroxyl groups excluding tert-OH is 1. The maximum atomic E-state index is 9.83. The van der Waals surface area contributed by atoms with Crippen molar-refractivity contribution in [1.82, 2.24) is 0 Å². The fourth-order valence-corrected chi connectivity index (χ4v) is 2.64. The average Bonchev–Trinajstić information content (AvgIpc) is 2.60. The Bertz CT molecular complexity index is 377. The molecule has 18 heavy (non-hydrogen) atoms. The number of hydrogen-bond acceptors (Lipinski definition) is 2. The normalized spacial score (nSPS) is 19.3. The zero-order valence-electron chi connectivity index (χ0n) is 11.5. The van der Waals surface area contributed by atoms with Gasteiger partial charge in [0.1, 0.15) is 5.75 Å². The van der Waals surface area contributed by atoms with Crippen LogP contribution in [-0.4, -0.2) is 11.2 Å². The van der Waals surface area contributed by atoms with Crippen LogP contribution < -0.4 is 4.74 Å². The van der Waals surface area contributed by atoms with E-state index in [9.17, 15) is 5.11 Å². The second kappa shape index (κ2) is 6.24. The molecule has 0 heterocycles. The molecule has 1 atom stereocenters. The number of ether oxygens (including phenoxy) is 1. The molecule has 0 aliphatic heterocycles.